The van der Waals surface area contributed by atoms with Crippen LogP contribution < -0.4 is 30.1 Å². The number of aromatic nitrogens is 2. The average molecular weight is 749 g/mol. The fourth-order valence-electron chi connectivity index (χ4n) is 8.12. The van der Waals surface area contributed by atoms with Gasteiger partial charge in [-0.05, 0) is 70.4 Å². The first-order valence-corrected chi connectivity index (χ1v) is 19.2. The Morgan fingerprint density at radius 2 is 1.30 bits per heavy atom. The maximum atomic E-state index is 15.1. The molecule has 2 N–H and O–H groups in total. The molecule has 0 amide bonds. The molecule has 5 heterocycles. The van der Waals surface area contributed by atoms with E-state index in [0.717, 1.165) is 77.4 Å². The maximum absolute atomic E-state index is 15.1. The molecule has 12 nitrogen and oxygen atoms in total. The van der Waals surface area contributed by atoms with Crippen molar-refractivity contribution < 1.29 is 38.1 Å². The van der Waals surface area contributed by atoms with E-state index < -0.39 is 34.4 Å². The van der Waals surface area contributed by atoms with Gasteiger partial charge in [0.25, 0.3) is 0 Å². The molecule has 2 aromatic heterocycles. The molecule has 4 aromatic rings. The number of carbonyl (C=O) groups is 2. The molecule has 1 unspecified atom stereocenters. The highest BCUT2D eigenvalue weighted by molar-refractivity contribution is 5.98. The first kappa shape index (κ1) is 37.2. The minimum absolute atomic E-state index is 0.0701. The van der Waals surface area contributed by atoms with Gasteiger partial charge in [0.15, 0.2) is 23.1 Å². The predicted molar refractivity (Wildman–Crippen MR) is 201 cm³/mol. The summed E-state index contributed by atoms with van der Waals surface area (Å²) in [5, 5.41) is 18.9. The summed E-state index contributed by atoms with van der Waals surface area (Å²) in [6.07, 6.45) is 11.2. The van der Waals surface area contributed by atoms with Crippen LogP contribution in [-0.4, -0.2) is 70.2 Å². The number of nitrogens with zero attached hydrogens (tertiary/aromatic N) is 4. The molecule has 4 fully saturated rings. The molecule has 3 aliphatic heterocycles. The molecule has 9 rings (SSSR count). The molecule has 54 heavy (non-hydrogen) atoms. The van der Waals surface area contributed by atoms with E-state index in [4.69, 9.17) is 9.47 Å². The summed E-state index contributed by atoms with van der Waals surface area (Å²) in [6.45, 7) is 8.86. The van der Waals surface area contributed by atoms with E-state index >= 15 is 4.39 Å². The molecule has 14 heteroatoms. The van der Waals surface area contributed by atoms with Gasteiger partial charge in [-0.2, -0.15) is 0 Å². The van der Waals surface area contributed by atoms with Crippen LogP contribution in [-0.2, 0) is 0 Å². The molecular formula is C40H46F2N4O8. The number of halogens is 2. The van der Waals surface area contributed by atoms with Crippen molar-refractivity contribution in [3.8, 4) is 11.5 Å². The number of pyridine rings is 2. The molecule has 0 bridgehead atoms. The number of carboxylic acid groups (broad SMARTS) is 2. The van der Waals surface area contributed by atoms with E-state index in [9.17, 15) is 33.8 Å². The number of aromatic carboxylic acids is 2. The fraction of sp³-hybridized carbons (Fsp3) is 0.500. The lowest BCUT2D eigenvalue weighted by Gasteiger charge is -2.26. The van der Waals surface area contributed by atoms with E-state index in [2.05, 4.69) is 4.90 Å². The van der Waals surface area contributed by atoms with Crippen molar-refractivity contribution in [3.05, 3.63) is 67.7 Å². The van der Waals surface area contributed by atoms with Gasteiger partial charge in [0.05, 0.1) is 35.0 Å². The fourth-order valence-corrected chi connectivity index (χ4v) is 8.12. The van der Waals surface area contributed by atoms with Crippen LogP contribution in [0.4, 0.5) is 20.2 Å². The van der Waals surface area contributed by atoms with Gasteiger partial charge >= 0.3 is 11.9 Å². The van der Waals surface area contributed by atoms with Crippen LogP contribution in [0.25, 0.3) is 21.8 Å². The van der Waals surface area contributed by atoms with E-state index in [0.29, 0.717) is 47.1 Å². The van der Waals surface area contributed by atoms with Crippen molar-refractivity contribution in [2.24, 2.45) is 0 Å². The zero-order valence-electron chi connectivity index (χ0n) is 30.8. The normalized spacial score (nSPS) is 18.9. The van der Waals surface area contributed by atoms with Gasteiger partial charge in [-0.3, -0.25) is 9.59 Å². The summed E-state index contributed by atoms with van der Waals surface area (Å²) in [4.78, 5) is 52.4. The number of fused-ring (bicyclic) bond motifs is 6. The van der Waals surface area contributed by atoms with Crippen molar-refractivity contribution in [3.63, 3.8) is 0 Å². The van der Waals surface area contributed by atoms with Gasteiger partial charge in [-0.15, -0.1) is 0 Å². The standard InChI is InChI=1S/C19H19FN2O4.C19H21FN2O4.C2H6/c20-14-8-12-15(18-16(14)21-6-1-2-10(21)5-7-26-18)22(11-3-4-11)9-13(17(12)23)19(24)25;1-2-26-18-15-12(9-14(20)16(18)21-7-3-4-8-21)17(23)13(19(24)25)10-22(15)11-5-6-11;1-2/h8-11H,1-7H2,(H,24,25);9-11H,2-8H2,1H3,(H,24,25);1-2H3. The number of hydrogen-bond donors (Lipinski definition) is 2. The third-order valence-electron chi connectivity index (χ3n) is 10.8. The molecule has 1 atom stereocenters. The second-order valence-corrected chi connectivity index (χ2v) is 14.2. The minimum Gasteiger partial charge on any atom is -0.489 e. The molecule has 0 radical (unpaired) electrons. The Labute approximate surface area is 310 Å². The first-order chi connectivity index (χ1) is 26.1. The molecule has 2 saturated heterocycles. The van der Waals surface area contributed by atoms with Gasteiger partial charge in [0.1, 0.15) is 22.5 Å². The Morgan fingerprint density at radius 1 is 0.759 bits per heavy atom. The van der Waals surface area contributed by atoms with Crippen molar-refractivity contribution in [1.29, 1.82) is 0 Å². The quantitative estimate of drug-likeness (QED) is 0.201. The lowest BCUT2D eigenvalue weighted by Crippen LogP contribution is -2.29. The van der Waals surface area contributed by atoms with E-state index in [1.165, 1.54) is 24.5 Å². The zero-order valence-corrected chi connectivity index (χ0v) is 30.8. The molecule has 2 saturated carbocycles. The molecule has 2 aromatic carbocycles. The lowest BCUT2D eigenvalue weighted by molar-refractivity contribution is 0.0684. The van der Waals surface area contributed by atoms with E-state index in [-0.39, 0.29) is 40.0 Å². The zero-order chi connectivity index (χ0) is 38.4. The SMILES string of the molecule is CC.CCOc1c(N2CCCC2)c(F)cc2c(=O)c(C(=O)O)cn(C3CC3)c12.O=C(O)c1cn(C2CC2)c2c3c(c(F)cc2c1=O)N1CCCC1CCO3. The largest absolute Gasteiger partial charge is 0.489 e. The third-order valence-corrected chi connectivity index (χ3v) is 10.8. The van der Waals surface area contributed by atoms with Crippen molar-refractivity contribution in [2.75, 3.05) is 42.6 Å². The van der Waals surface area contributed by atoms with Crippen LogP contribution in [0.3, 0.4) is 0 Å². The highest BCUT2D eigenvalue weighted by atomic mass is 19.1. The molecule has 5 aliphatic rings. The summed E-state index contributed by atoms with van der Waals surface area (Å²) in [7, 11) is 0. The topological polar surface area (TPSA) is 144 Å². The first-order valence-electron chi connectivity index (χ1n) is 19.2. The maximum Gasteiger partial charge on any atom is 0.341 e. The molecular weight excluding hydrogens is 702 g/mol. The number of rotatable bonds is 7. The monoisotopic (exact) mass is 748 g/mol. The van der Waals surface area contributed by atoms with Crippen LogP contribution in [0.1, 0.15) is 111 Å². The van der Waals surface area contributed by atoms with E-state index in [1.807, 2.05) is 30.2 Å². The molecule has 2 aliphatic carbocycles. The third kappa shape index (κ3) is 6.53. The summed E-state index contributed by atoms with van der Waals surface area (Å²) < 4.78 is 45.5. The molecule has 0 spiro atoms. The summed E-state index contributed by atoms with van der Waals surface area (Å²) in [5.74, 6) is -2.89. The van der Waals surface area contributed by atoms with Gasteiger partial charge in [-0.25, -0.2) is 18.4 Å². The number of carboxylic acids is 2. The smallest absolute Gasteiger partial charge is 0.341 e. The Morgan fingerprint density at radius 3 is 1.83 bits per heavy atom. The van der Waals surface area contributed by atoms with Crippen LogP contribution in [0.2, 0.25) is 0 Å². The summed E-state index contributed by atoms with van der Waals surface area (Å²) >= 11 is 0. The minimum atomic E-state index is -1.30. The Kier molecular flexibility index (Phi) is 10.3. The van der Waals surface area contributed by atoms with Crippen molar-refractivity contribution >= 4 is 45.1 Å². The molecule has 288 valence electrons. The van der Waals surface area contributed by atoms with Crippen LogP contribution in [0.5, 0.6) is 11.5 Å². The van der Waals surface area contributed by atoms with Crippen molar-refractivity contribution in [2.45, 2.75) is 96.7 Å². The van der Waals surface area contributed by atoms with Crippen LogP contribution in [0, 0.1) is 11.6 Å². The van der Waals surface area contributed by atoms with Crippen LogP contribution in [0.15, 0.2) is 34.1 Å². The highest BCUT2D eigenvalue weighted by Gasteiger charge is 2.37. The van der Waals surface area contributed by atoms with Gasteiger partial charge in [0, 0.05) is 56.6 Å². The summed E-state index contributed by atoms with van der Waals surface area (Å²) in [5.41, 5.74) is -0.132. The summed E-state index contributed by atoms with van der Waals surface area (Å²) in [6, 6.07) is 2.88. The van der Waals surface area contributed by atoms with Crippen molar-refractivity contribution in [1.82, 2.24) is 9.13 Å². The average Bonchev–Trinajstić information content (AvgIpc) is 4.09. The Bertz CT molecular complexity index is 2170. The van der Waals surface area contributed by atoms with Gasteiger partial charge in [0.2, 0.25) is 10.9 Å². The van der Waals surface area contributed by atoms with Crippen LogP contribution >= 0.6 is 0 Å². The van der Waals surface area contributed by atoms with E-state index in [1.54, 1.807) is 4.57 Å². The number of anilines is 2. The number of hydrogen-bond acceptors (Lipinski definition) is 8. The number of benzene rings is 2. The number of ether oxygens (including phenoxy) is 2. The second kappa shape index (κ2) is 14.9. The predicted octanol–water partition coefficient (Wildman–Crippen LogP) is 7.12. The second-order valence-electron chi connectivity index (χ2n) is 14.2. The Balaban J connectivity index is 0.000000159. The Hall–Kier alpha value is -5.14. The highest BCUT2D eigenvalue weighted by Crippen LogP contribution is 2.47. The lowest BCUT2D eigenvalue weighted by atomic mass is 10.1. The van der Waals surface area contributed by atoms with Gasteiger partial charge in [-0.1, -0.05) is 13.8 Å². The van der Waals surface area contributed by atoms with Gasteiger partial charge < -0.3 is 38.6 Å².